The summed E-state index contributed by atoms with van der Waals surface area (Å²) in [4.78, 5) is 56.8. The van der Waals surface area contributed by atoms with Crippen molar-refractivity contribution < 1.29 is 28.6 Å². The average molecular weight is 617 g/mol. The number of thiazole rings is 1. The topological polar surface area (TPSA) is 115 Å². The van der Waals surface area contributed by atoms with Crippen molar-refractivity contribution in [3.63, 3.8) is 0 Å². The lowest BCUT2D eigenvalue weighted by Crippen LogP contribution is -2.32. The molecule has 220 valence electrons. The van der Waals surface area contributed by atoms with E-state index in [2.05, 4.69) is 4.98 Å². The van der Waals surface area contributed by atoms with Crippen molar-refractivity contribution in [1.82, 2.24) is 4.98 Å². The Balaban J connectivity index is 1.33. The summed E-state index contributed by atoms with van der Waals surface area (Å²) in [7, 11) is 1.55. The molecule has 0 radical (unpaired) electrons. The maximum atomic E-state index is 14.0. The van der Waals surface area contributed by atoms with Crippen molar-refractivity contribution in [1.29, 1.82) is 0 Å². The van der Waals surface area contributed by atoms with Crippen LogP contribution in [0.4, 0.5) is 5.69 Å². The minimum Gasteiger partial charge on any atom is -0.493 e. The lowest BCUT2D eigenvalue weighted by molar-refractivity contribution is -0.122. The van der Waals surface area contributed by atoms with Crippen molar-refractivity contribution in [2.45, 2.75) is 36.6 Å². The molecule has 2 unspecified atom stereocenters. The van der Waals surface area contributed by atoms with Gasteiger partial charge in [0.05, 0.1) is 35.9 Å². The molecule has 2 aliphatic rings. The highest BCUT2D eigenvalue weighted by atomic mass is 32.2. The van der Waals surface area contributed by atoms with E-state index in [1.807, 2.05) is 43.3 Å². The van der Waals surface area contributed by atoms with E-state index in [9.17, 15) is 19.2 Å². The Morgan fingerprint density at radius 1 is 0.953 bits per heavy atom. The van der Waals surface area contributed by atoms with Crippen LogP contribution >= 0.6 is 23.1 Å². The molecule has 1 fully saturated rings. The number of H-pyrrole nitrogens is 1. The Labute approximate surface area is 255 Å². The zero-order chi connectivity index (χ0) is 30.2. The SMILES string of the molecule is CCOC(=O)c1ccc(N2C(=O)C3Sc4[nH]c(=O)sc4[C@H](c4ccc(OCc5ccc(C)cc5)c(OC)c4)C3C2=O)cc1. The third-order valence-electron chi connectivity index (χ3n) is 7.52. The van der Waals surface area contributed by atoms with Gasteiger partial charge in [-0.2, -0.15) is 0 Å². The number of nitrogens with zero attached hydrogens (tertiary/aromatic N) is 1. The van der Waals surface area contributed by atoms with E-state index in [0.29, 0.717) is 39.3 Å². The van der Waals surface area contributed by atoms with Gasteiger partial charge in [0.1, 0.15) is 11.9 Å². The quantitative estimate of drug-likeness (QED) is 0.209. The van der Waals surface area contributed by atoms with Crippen LogP contribution in [-0.2, 0) is 20.9 Å². The Morgan fingerprint density at radius 3 is 2.40 bits per heavy atom. The van der Waals surface area contributed by atoms with E-state index in [1.165, 1.54) is 28.8 Å². The number of amides is 2. The highest BCUT2D eigenvalue weighted by Crippen LogP contribution is 2.53. The minimum atomic E-state index is -0.759. The van der Waals surface area contributed by atoms with Gasteiger partial charge in [0, 0.05) is 10.8 Å². The Hall–Kier alpha value is -4.35. The number of carbonyl (C=O) groups excluding carboxylic acids is 3. The Morgan fingerprint density at radius 2 is 1.70 bits per heavy atom. The second kappa shape index (κ2) is 11.7. The van der Waals surface area contributed by atoms with Crippen molar-refractivity contribution in [2.75, 3.05) is 18.6 Å². The summed E-state index contributed by atoms with van der Waals surface area (Å²) >= 11 is 2.25. The summed E-state index contributed by atoms with van der Waals surface area (Å²) < 4.78 is 16.8. The number of aromatic nitrogens is 1. The van der Waals surface area contributed by atoms with Gasteiger partial charge in [-0.1, -0.05) is 59.0 Å². The molecule has 2 amide bonds. The van der Waals surface area contributed by atoms with E-state index in [0.717, 1.165) is 28.0 Å². The van der Waals surface area contributed by atoms with Crippen molar-refractivity contribution in [3.05, 3.63) is 104 Å². The second-order valence-electron chi connectivity index (χ2n) is 10.2. The van der Waals surface area contributed by atoms with Crippen LogP contribution in [0, 0.1) is 12.8 Å². The fourth-order valence-electron chi connectivity index (χ4n) is 5.43. The molecule has 1 N–H and O–H groups in total. The number of rotatable bonds is 8. The summed E-state index contributed by atoms with van der Waals surface area (Å²) in [6.45, 7) is 4.33. The fraction of sp³-hybridized carbons (Fsp3) is 0.250. The second-order valence-corrected chi connectivity index (χ2v) is 12.4. The van der Waals surface area contributed by atoms with Gasteiger partial charge in [-0.15, -0.1) is 0 Å². The van der Waals surface area contributed by atoms with Gasteiger partial charge < -0.3 is 19.2 Å². The maximum Gasteiger partial charge on any atom is 0.338 e. The zero-order valence-electron chi connectivity index (χ0n) is 23.6. The number of fused-ring (bicyclic) bond motifs is 2. The van der Waals surface area contributed by atoms with Crippen LogP contribution in [0.15, 0.2) is 76.6 Å². The molecule has 3 atom stereocenters. The smallest absolute Gasteiger partial charge is 0.338 e. The number of benzene rings is 3. The molecule has 0 bridgehead atoms. The van der Waals surface area contributed by atoms with Crippen LogP contribution in [-0.4, -0.2) is 41.7 Å². The van der Waals surface area contributed by atoms with Gasteiger partial charge in [0.25, 0.3) is 0 Å². The standard InChI is InChI=1S/C32H28N2O7S2/c1-4-40-31(37)19-9-12-21(13-10-19)34-29(35)25-24(26-28(33-32(38)43-26)42-27(25)30(34)36)20-11-14-22(23(15-20)39-3)41-16-18-7-5-17(2)6-8-18/h5-15,24-25,27H,4,16H2,1-3H3,(H,33,38)/t24-,25?,27?/m1/s1. The van der Waals surface area contributed by atoms with Crippen LogP contribution in [0.2, 0.25) is 0 Å². The molecular weight excluding hydrogens is 588 g/mol. The van der Waals surface area contributed by atoms with Gasteiger partial charge in [-0.05, 0) is 61.4 Å². The molecule has 0 saturated carbocycles. The third-order valence-corrected chi connectivity index (χ3v) is 9.92. The molecule has 2 aliphatic heterocycles. The fourth-order valence-corrected chi connectivity index (χ4v) is 7.95. The van der Waals surface area contributed by atoms with Gasteiger partial charge in [0.2, 0.25) is 11.8 Å². The lowest BCUT2D eigenvalue weighted by Gasteiger charge is -2.30. The van der Waals surface area contributed by atoms with Crippen LogP contribution in [0.3, 0.4) is 0 Å². The van der Waals surface area contributed by atoms with Crippen LogP contribution in [0.1, 0.15) is 44.8 Å². The normalized spacial score (nSPS) is 19.1. The van der Waals surface area contributed by atoms with Crippen molar-refractivity contribution in [2.24, 2.45) is 5.92 Å². The number of hydrogen-bond donors (Lipinski definition) is 1. The van der Waals surface area contributed by atoms with Crippen LogP contribution in [0.25, 0.3) is 0 Å². The molecule has 6 rings (SSSR count). The number of ether oxygens (including phenoxy) is 3. The first-order chi connectivity index (χ1) is 20.8. The highest BCUT2D eigenvalue weighted by molar-refractivity contribution is 8.00. The predicted octanol–water partition coefficient (Wildman–Crippen LogP) is 5.30. The van der Waals surface area contributed by atoms with Crippen LogP contribution in [0.5, 0.6) is 11.5 Å². The summed E-state index contributed by atoms with van der Waals surface area (Å²) in [6.07, 6.45) is 0. The summed E-state index contributed by atoms with van der Waals surface area (Å²) in [5.41, 5.74) is 3.59. The Bertz CT molecular complexity index is 1760. The number of anilines is 1. The van der Waals surface area contributed by atoms with E-state index >= 15 is 0 Å². The van der Waals surface area contributed by atoms with Gasteiger partial charge in [0.15, 0.2) is 11.5 Å². The number of carbonyl (C=O) groups is 3. The first kappa shape index (κ1) is 28.8. The molecule has 1 aromatic heterocycles. The molecule has 1 saturated heterocycles. The molecule has 0 aliphatic carbocycles. The molecule has 3 heterocycles. The largest absolute Gasteiger partial charge is 0.493 e. The summed E-state index contributed by atoms with van der Waals surface area (Å²) in [5, 5.41) is -0.163. The number of nitrogens with one attached hydrogen (secondary N) is 1. The first-order valence-electron chi connectivity index (χ1n) is 13.7. The highest BCUT2D eigenvalue weighted by Gasteiger charge is 2.56. The monoisotopic (exact) mass is 616 g/mol. The molecule has 11 heteroatoms. The summed E-state index contributed by atoms with van der Waals surface area (Å²) in [6, 6.07) is 19.7. The van der Waals surface area contributed by atoms with Crippen molar-refractivity contribution in [3.8, 4) is 11.5 Å². The van der Waals surface area contributed by atoms with Crippen LogP contribution < -0.4 is 19.2 Å². The van der Waals surface area contributed by atoms with Gasteiger partial charge in [-0.25, -0.2) is 9.69 Å². The molecule has 4 aromatic rings. The Kier molecular flexibility index (Phi) is 7.85. The summed E-state index contributed by atoms with van der Waals surface area (Å²) in [5.74, 6) is -1.54. The minimum absolute atomic E-state index is 0.239. The zero-order valence-corrected chi connectivity index (χ0v) is 25.3. The van der Waals surface area contributed by atoms with Gasteiger partial charge >= 0.3 is 10.8 Å². The average Bonchev–Trinajstić information content (AvgIpc) is 3.50. The number of aromatic amines is 1. The third kappa shape index (κ3) is 5.34. The molecule has 3 aromatic carbocycles. The van der Waals surface area contributed by atoms with E-state index < -0.39 is 23.1 Å². The molecule has 0 spiro atoms. The number of esters is 1. The number of methoxy groups -OCH3 is 1. The van der Waals surface area contributed by atoms with E-state index in [1.54, 1.807) is 32.2 Å². The number of thioether (sulfide) groups is 1. The molecular formula is C32H28N2O7S2. The number of hydrogen-bond acceptors (Lipinski definition) is 9. The number of aryl methyl sites for hydroxylation is 1. The van der Waals surface area contributed by atoms with Gasteiger partial charge in [-0.3, -0.25) is 14.4 Å². The van der Waals surface area contributed by atoms with E-state index in [-0.39, 0.29) is 23.3 Å². The van der Waals surface area contributed by atoms with E-state index in [4.69, 9.17) is 14.2 Å². The first-order valence-corrected chi connectivity index (χ1v) is 15.4. The van der Waals surface area contributed by atoms with Crippen molar-refractivity contribution >= 4 is 46.6 Å². The number of imide groups is 1. The molecule has 43 heavy (non-hydrogen) atoms. The maximum absolute atomic E-state index is 14.0. The molecule has 9 nitrogen and oxygen atoms in total. The lowest BCUT2D eigenvalue weighted by atomic mass is 9.83. The predicted molar refractivity (Wildman–Crippen MR) is 163 cm³/mol.